The number of nitrogens with one attached hydrogen (secondary N) is 1. The first kappa shape index (κ1) is 12.5. The minimum Gasteiger partial charge on any atom is -0.365 e. The molecule has 0 aliphatic heterocycles. The molecule has 2 heterocycles. The number of pyridine rings is 1. The van der Waals surface area contributed by atoms with E-state index in [4.69, 9.17) is 0 Å². The summed E-state index contributed by atoms with van der Waals surface area (Å²) in [4.78, 5) is 8.94. The van der Waals surface area contributed by atoms with Gasteiger partial charge in [0.25, 0.3) is 0 Å². The van der Waals surface area contributed by atoms with E-state index in [1.165, 1.54) is 19.3 Å². The van der Waals surface area contributed by atoms with Crippen LogP contribution >= 0.6 is 0 Å². The van der Waals surface area contributed by atoms with E-state index in [1.54, 1.807) is 0 Å². The van der Waals surface area contributed by atoms with E-state index in [2.05, 4.69) is 29.1 Å². The maximum absolute atomic E-state index is 4.48. The first-order valence-corrected chi connectivity index (χ1v) is 7.17. The third kappa shape index (κ3) is 2.31. The first-order valence-electron chi connectivity index (χ1n) is 7.17. The van der Waals surface area contributed by atoms with Crippen molar-refractivity contribution in [2.75, 3.05) is 5.32 Å². The van der Waals surface area contributed by atoms with E-state index in [-0.39, 0.29) is 0 Å². The smallest absolute Gasteiger partial charge is 0.154 e. The van der Waals surface area contributed by atoms with Gasteiger partial charge in [0.15, 0.2) is 5.82 Å². The van der Waals surface area contributed by atoms with Crippen LogP contribution in [0.15, 0.2) is 18.6 Å². The van der Waals surface area contributed by atoms with Gasteiger partial charge in [-0.15, -0.1) is 0 Å². The van der Waals surface area contributed by atoms with Crippen LogP contribution in [0, 0.1) is 11.8 Å². The monoisotopic (exact) mass is 258 g/mol. The van der Waals surface area contributed by atoms with Gasteiger partial charge in [-0.05, 0) is 37.2 Å². The molecule has 19 heavy (non-hydrogen) atoms. The van der Waals surface area contributed by atoms with Gasteiger partial charge in [0.2, 0.25) is 0 Å². The van der Waals surface area contributed by atoms with Gasteiger partial charge in [-0.1, -0.05) is 13.8 Å². The molecule has 2 aromatic rings. The number of aromatic nitrogens is 3. The van der Waals surface area contributed by atoms with Crippen molar-refractivity contribution >= 4 is 16.9 Å². The molecule has 102 valence electrons. The molecule has 1 fully saturated rings. The average Bonchev–Trinajstić information content (AvgIpc) is 2.76. The number of anilines is 1. The van der Waals surface area contributed by atoms with Crippen LogP contribution in [0.3, 0.4) is 0 Å². The summed E-state index contributed by atoms with van der Waals surface area (Å²) >= 11 is 0. The molecule has 3 rings (SSSR count). The van der Waals surface area contributed by atoms with Crippen LogP contribution in [0.4, 0.5) is 5.82 Å². The lowest BCUT2D eigenvalue weighted by Gasteiger charge is -2.33. The summed E-state index contributed by atoms with van der Waals surface area (Å²) in [7, 11) is 2.02. The molecule has 0 bridgehead atoms. The minimum atomic E-state index is 0.524. The lowest BCUT2D eigenvalue weighted by Crippen LogP contribution is -2.33. The lowest BCUT2D eigenvalue weighted by atomic mass is 9.80. The van der Waals surface area contributed by atoms with E-state index >= 15 is 0 Å². The highest BCUT2D eigenvalue weighted by atomic mass is 15.1. The van der Waals surface area contributed by atoms with Gasteiger partial charge in [0, 0.05) is 19.3 Å². The molecule has 0 radical (unpaired) electrons. The van der Waals surface area contributed by atoms with Gasteiger partial charge in [0.1, 0.15) is 5.52 Å². The number of aryl methyl sites for hydroxylation is 1. The van der Waals surface area contributed by atoms with Crippen LogP contribution in [0.1, 0.15) is 33.1 Å². The summed E-state index contributed by atoms with van der Waals surface area (Å²) in [6, 6.07) is 2.54. The van der Waals surface area contributed by atoms with Gasteiger partial charge < -0.3 is 9.88 Å². The largest absolute Gasteiger partial charge is 0.365 e. The summed E-state index contributed by atoms with van der Waals surface area (Å²) in [6.07, 6.45) is 7.55. The number of nitrogens with zero attached hydrogens (tertiary/aromatic N) is 3. The molecule has 1 aliphatic carbocycles. The maximum Gasteiger partial charge on any atom is 0.154 e. The molecule has 1 N–H and O–H groups in total. The van der Waals surface area contributed by atoms with E-state index in [0.29, 0.717) is 12.0 Å². The Morgan fingerprint density at radius 3 is 2.89 bits per heavy atom. The summed E-state index contributed by atoms with van der Waals surface area (Å²) in [5.41, 5.74) is 2.12. The molecule has 0 saturated heterocycles. The van der Waals surface area contributed by atoms with Gasteiger partial charge in [-0.3, -0.25) is 0 Å². The molecule has 2 aromatic heterocycles. The molecular weight excluding hydrogens is 236 g/mol. The third-order valence-electron chi connectivity index (χ3n) is 4.40. The molecule has 0 amide bonds. The van der Waals surface area contributed by atoms with Gasteiger partial charge >= 0.3 is 0 Å². The van der Waals surface area contributed by atoms with Crippen LogP contribution in [0.25, 0.3) is 11.0 Å². The Morgan fingerprint density at radius 1 is 1.26 bits per heavy atom. The van der Waals surface area contributed by atoms with Crippen LogP contribution in [-0.4, -0.2) is 20.6 Å². The van der Waals surface area contributed by atoms with E-state index in [9.17, 15) is 0 Å². The second kappa shape index (κ2) is 4.83. The average molecular weight is 258 g/mol. The summed E-state index contributed by atoms with van der Waals surface area (Å²) < 4.78 is 2.04. The van der Waals surface area contributed by atoms with E-state index in [1.807, 2.05) is 30.2 Å². The minimum absolute atomic E-state index is 0.524. The molecular formula is C15H22N4. The van der Waals surface area contributed by atoms with Crippen molar-refractivity contribution in [2.24, 2.45) is 18.9 Å². The second-order valence-corrected chi connectivity index (χ2v) is 6.03. The zero-order chi connectivity index (χ0) is 13.4. The van der Waals surface area contributed by atoms with Gasteiger partial charge in [0.05, 0.1) is 11.8 Å². The van der Waals surface area contributed by atoms with Crippen LogP contribution in [0.2, 0.25) is 0 Å². The Morgan fingerprint density at radius 2 is 2.11 bits per heavy atom. The normalized spacial score (nSPS) is 27.6. The molecule has 1 aliphatic rings. The van der Waals surface area contributed by atoms with Crippen molar-refractivity contribution in [1.82, 2.24) is 14.5 Å². The molecule has 3 atom stereocenters. The standard InChI is InChI=1S/C15H22N4/c1-10-4-5-12(11(2)8-10)18-15-14-13(6-7-16-15)19(3)9-17-14/h6-7,9-12H,4-5,8H2,1-3H3,(H,16,18). The predicted molar refractivity (Wildman–Crippen MR) is 78.1 cm³/mol. The summed E-state index contributed by atoms with van der Waals surface area (Å²) in [5.74, 6) is 2.49. The molecule has 4 nitrogen and oxygen atoms in total. The number of rotatable bonds is 2. The third-order valence-corrected chi connectivity index (χ3v) is 4.40. The van der Waals surface area contributed by atoms with Crippen molar-refractivity contribution in [2.45, 2.75) is 39.2 Å². The summed E-state index contributed by atoms with van der Waals surface area (Å²) in [5, 5.41) is 3.62. The van der Waals surface area contributed by atoms with Crippen molar-refractivity contribution < 1.29 is 0 Å². The van der Waals surface area contributed by atoms with Gasteiger partial charge in [-0.25, -0.2) is 9.97 Å². The second-order valence-electron chi connectivity index (χ2n) is 6.03. The first-order chi connectivity index (χ1) is 9.15. The fourth-order valence-electron chi connectivity index (χ4n) is 3.22. The van der Waals surface area contributed by atoms with Crippen LogP contribution in [0.5, 0.6) is 0 Å². The molecule has 0 aromatic carbocycles. The quantitative estimate of drug-likeness (QED) is 0.899. The predicted octanol–water partition coefficient (Wildman–Crippen LogP) is 3.20. The van der Waals surface area contributed by atoms with Gasteiger partial charge in [-0.2, -0.15) is 0 Å². The fourth-order valence-corrected chi connectivity index (χ4v) is 3.22. The lowest BCUT2D eigenvalue weighted by molar-refractivity contribution is 0.276. The maximum atomic E-state index is 4.48. The highest BCUT2D eigenvalue weighted by molar-refractivity contribution is 5.85. The Kier molecular flexibility index (Phi) is 3.17. The van der Waals surface area contributed by atoms with Crippen LogP contribution in [-0.2, 0) is 7.05 Å². The topological polar surface area (TPSA) is 42.7 Å². The highest BCUT2D eigenvalue weighted by Crippen LogP contribution is 2.31. The Bertz CT molecular complexity index is 575. The Hall–Kier alpha value is -1.58. The van der Waals surface area contributed by atoms with Crippen molar-refractivity contribution in [3.8, 4) is 0 Å². The Balaban J connectivity index is 1.85. The molecule has 1 saturated carbocycles. The summed E-state index contributed by atoms with van der Waals surface area (Å²) in [6.45, 7) is 4.69. The Labute approximate surface area is 114 Å². The van der Waals surface area contributed by atoms with Crippen molar-refractivity contribution in [3.05, 3.63) is 18.6 Å². The zero-order valence-corrected chi connectivity index (χ0v) is 11.9. The SMILES string of the molecule is CC1CCC(Nc2nccc3c2ncn3C)C(C)C1. The molecule has 0 spiro atoms. The van der Waals surface area contributed by atoms with Crippen molar-refractivity contribution in [1.29, 1.82) is 0 Å². The zero-order valence-electron chi connectivity index (χ0n) is 11.9. The number of hydrogen-bond acceptors (Lipinski definition) is 3. The number of imidazole rings is 1. The molecule has 3 unspecified atom stereocenters. The van der Waals surface area contributed by atoms with Crippen molar-refractivity contribution in [3.63, 3.8) is 0 Å². The van der Waals surface area contributed by atoms with E-state index < -0.39 is 0 Å². The fraction of sp³-hybridized carbons (Fsp3) is 0.600. The highest BCUT2D eigenvalue weighted by Gasteiger charge is 2.26. The molecule has 4 heteroatoms. The van der Waals surface area contributed by atoms with Crippen LogP contribution < -0.4 is 5.32 Å². The number of fused-ring (bicyclic) bond motifs is 1. The number of hydrogen-bond donors (Lipinski definition) is 1. The van der Waals surface area contributed by atoms with E-state index in [0.717, 1.165) is 22.8 Å².